The van der Waals surface area contributed by atoms with E-state index in [2.05, 4.69) is 20.8 Å². The van der Waals surface area contributed by atoms with Crippen LogP contribution < -0.4 is 5.73 Å². The van der Waals surface area contributed by atoms with Gasteiger partial charge in [0.25, 0.3) is 0 Å². The van der Waals surface area contributed by atoms with Gasteiger partial charge >= 0.3 is 5.97 Å². The number of thioether (sulfide) groups is 1. The lowest BCUT2D eigenvalue weighted by Crippen LogP contribution is -2.34. The lowest BCUT2D eigenvalue weighted by Gasteiger charge is -2.31. The Morgan fingerprint density at radius 3 is 2.76 bits per heavy atom. The van der Waals surface area contributed by atoms with E-state index in [0.717, 1.165) is 6.42 Å². The molecule has 0 aromatic carbocycles. The van der Waals surface area contributed by atoms with Gasteiger partial charge in [-0.15, -0.1) is 0 Å². The van der Waals surface area contributed by atoms with Crippen LogP contribution in [0.15, 0.2) is 11.1 Å². The molecule has 1 fully saturated rings. The fraction of sp³-hybridized carbons (Fsp3) is 0.769. The minimum Gasteiger partial charge on any atom is -0.480 e. The second-order valence-electron chi connectivity index (χ2n) is 5.14. The number of rotatable bonds is 4. The van der Waals surface area contributed by atoms with Gasteiger partial charge in [-0.2, -0.15) is 11.8 Å². The molecule has 3 atom stereocenters. The second-order valence-corrected chi connectivity index (χ2v) is 6.41. The highest BCUT2D eigenvalue weighted by molar-refractivity contribution is 8.00. The molecule has 1 rings (SSSR count). The fourth-order valence-electron chi connectivity index (χ4n) is 2.11. The topological polar surface area (TPSA) is 63.3 Å². The summed E-state index contributed by atoms with van der Waals surface area (Å²) in [6.45, 7) is 6.58. The molecule has 0 saturated heterocycles. The molecule has 0 spiro atoms. The van der Waals surface area contributed by atoms with Gasteiger partial charge in [0.05, 0.1) is 0 Å². The van der Waals surface area contributed by atoms with Crippen LogP contribution in [0, 0.1) is 5.92 Å². The van der Waals surface area contributed by atoms with Gasteiger partial charge < -0.3 is 10.8 Å². The largest absolute Gasteiger partial charge is 0.480 e. The average molecular weight is 257 g/mol. The summed E-state index contributed by atoms with van der Waals surface area (Å²) in [5.41, 5.74) is 8.51. The standard InChI is InChI=1S/C13H23NO2S/c1-8(2)10-5-4-9(3)12(6-10)17-7-11(14)13(15)16/h9,11-12H,4-7,14H2,1-3H3,(H,15,16)/t9?,11-,12?/m0/s1. The zero-order chi connectivity index (χ0) is 13.0. The van der Waals surface area contributed by atoms with Crippen LogP contribution in [0.3, 0.4) is 0 Å². The van der Waals surface area contributed by atoms with Gasteiger partial charge in [0.15, 0.2) is 0 Å². The molecule has 4 heteroatoms. The van der Waals surface area contributed by atoms with E-state index in [4.69, 9.17) is 10.8 Å². The smallest absolute Gasteiger partial charge is 0.321 e. The molecule has 17 heavy (non-hydrogen) atoms. The van der Waals surface area contributed by atoms with E-state index in [1.54, 1.807) is 17.3 Å². The molecule has 0 heterocycles. The number of carboxylic acid groups (broad SMARTS) is 1. The summed E-state index contributed by atoms with van der Waals surface area (Å²) in [6, 6.07) is -0.732. The van der Waals surface area contributed by atoms with Gasteiger partial charge in [-0.3, -0.25) is 4.79 Å². The molecular formula is C13H23NO2S. The third-order valence-corrected chi connectivity index (χ3v) is 5.11. The van der Waals surface area contributed by atoms with Crippen molar-refractivity contribution in [1.82, 2.24) is 0 Å². The molecule has 2 unspecified atom stereocenters. The predicted octanol–water partition coefficient (Wildman–Crippen LogP) is 2.66. The Bertz CT molecular complexity index is 311. The molecule has 0 aromatic heterocycles. The zero-order valence-corrected chi connectivity index (χ0v) is 11.7. The maximum absolute atomic E-state index is 10.7. The second kappa shape index (κ2) is 6.45. The van der Waals surface area contributed by atoms with Crippen LogP contribution in [0.4, 0.5) is 0 Å². The molecule has 0 radical (unpaired) electrons. The maximum Gasteiger partial charge on any atom is 0.321 e. The first-order valence-corrected chi connectivity index (χ1v) is 7.22. The van der Waals surface area contributed by atoms with E-state index < -0.39 is 12.0 Å². The SMILES string of the molecule is CC(C)=C1CCC(C)C(SC[C@H](N)C(=O)O)C1. The highest BCUT2D eigenvalue weighted by Crippen LogP contribution is 2.37. The van der Waals surface area contributed by atoms with Crippen LogP contribution in [0.5, 0.6) is 0 Å². The van der Waals surface area contributed by atoms with Crippen LogP contribution in [0.1, 0.15) is 40.0 Å². The van der Waals surface area contributed by atoms with Crippen molar-refractivity contribution in [2.75, 3.05) is 5.75 Å². The van der Waals surface area contributed by atoms with Gasteiger partial charge in [-0.25, -0.2) is 0 Å². The number of nitrogens with two attached hydrogens (primary N) is 1. The van der Waals surface area contributed by atoms with Gasteiger partial charge in [0.2, 0.25) is 0 Å². The quantitative estimate of drug-likeness (QED) is 0.760. The van der Waals surface area contributed by atoms with E-state index in [-0.39, 0.29) is 0 Å². The summed E-state index contributed by atoms with van der Waals surface area (Å²) in [6.07, 6.45) is 3.51. The Kier molecular flexibility index (Phi) is 5.53. The molecular weight excluding hydrogens is 234 g/mol. The Labute approximate surface area is 108 Å². The van der Waals surface area contributed by atoms with Gasteiger partial charge in [0.1, 0.15) is 6.04 Å². The van der Waals surface area contributed by atoms with Crippen molar-refractivity contribution in [2.24, 2.45) is 11.7 Å². The van der Waals surface area contributed by atoms with Crippen molar-refractivity contribution in [3.8, 4) is 0 Å². The van der Waals surface area contributed by atoms with E-state index in [9.17, 15) is 4.79 Å². The number of hydrogen-bond donors (Lipinski definition) is 2. The fourth-order valence-corrected chi connectivity index (χ4v) is 3.49. The summed E-state index contributed by atoms with van der Waals surface area (Å²) in [7, 11) is 0. The number of allylic oxidation sites excluding steroid dienone is 2. The normalized spacial score (nSPS) is 26.7. The minimum absolute atomic E-state index is 0.514. The molecule has 3 nitrogen and oxygen atoms in total. The summed E-state index contributed by atoms with van der Waals surface area (Å²) in [4.78, 5) is 10.7. The Hall–Kier alpha value is -0.480. The van der Waals surface area contributed by atoms with E-state index in [0.29, 0.717) is 16.9 Å². The average Bonchev–Trinajstić information content (AvgIpc) is 2.26. The molecule has 1 aliphatic rings. The molecule has 1 aliphatic carbocycles. The Balaban J connectivity index is 2.51. The van der Waals surface area contributed by atoms with Gasteiger partial charge in [0, 0.05) is 11.0 Å². The third kappa shape index (κ3) is 4.36. The Morgan fingerprint density at radius 2 is 2.24 bits per heavy atom. The number of carbonyl (C=O) groups is 1. The first kappa shape index (κ1) is 14.6. The van der Waals surface area contributed by atoms with Crippen molar-refractivity contribution in [2.45, 2.75) is 51.3 Å². The number of hydrogen-bond acceptors (Lipinski definition) is 3. The highest BCUT2D eigenvalue weighted by Gasteiger charge is 2.26. The van der Waals surface area contributed by atoms with Crippen molar-refractivity contribution < 1.29 is 9.90 Å². The molecule has 0 aliphatic heterocycles. The zero-order valence-electron chi connectivity index (χ0n) is 10.9. The van der Waals surface area contributed by atoms with Crippen molar-refractivity contribution in [1.29, 1.82) is 0 Å². The molecule has 0 bridgehead atoms. The van der Waals surface area contributed by atoms with E-state index >= 15 is 0 Å². The predicted molar refractivity (Wildman–Crippen MR) is 73.2 cm³/mol. The van der Waals surface area contributed by atoms with Crippen LogP contribution >= 0.6 is 11.8 Å². The van der Waals surface area contributed by atoms with Crippen LogP contribution in [-0.4, -0.2) is 28.1 Å². The molecule has 3 N–H and O–H groups in total. The summed E-state index contributed by atoms with van der Waals surface area (Å²) < 4.78 is 0. The number of aliphatic carboxylic acids is 1. The summed E-state index contributed by atoms with van der Waals surface area (Å²) in [5, 5.41) is 9.30. The lowest BCUT2D eigenvalue weighted by atomic mass is 9.85. The van der Waals surface area contributed by atoms with Crippen LogP contribution in [-0.2, 0) is 4.79 Å². The minimum atomic E-state index is -0.900. The van der Waals surface area contributed by atoms with E-state index in [1.807, 2.05) is 0 Å². The highest BCUT2D eigenvalue weighted by atomic mass is 32.2. The van der Waals surface area contributed by atoms with Crippen LogP contribution in [0.25, 0.3) is 0 Å². The summed E-state index contributed by atoms with van der Waals surface area (Å²) in [5.74, 6) is 0.271. The molecule has 0 amide bonds. The van der Waals surface area contributed by atoms with E-state index in [1.165, 1.54) is 18.4 Å². The van der Waals surface area contributed by atoms with Crippen molar-refractivity contribution in [3.05, 3.63) is 11.1 Å². The monoisotopic (exact) mass is 257 g/mol. The summed E-state index contributed by atoms with van der Waals surface area (Å²) >= 11 is 1.72. The van der Waals surface area contributed by atoms with Gasteiger partial charge in [-0.1, -0.05) is 18.1 Å². The first-order valence-electron chi connectivity index (χ1n) is 6.17. The molecule has 0 aromatic rings. The van der Waals surface area contributed by atoms with Gasteiger partial charge in [-0.05, 0) is 39.0 Å². The lowest BCUT2D eigenvalue weighted by molar-refractivity contribution is -0.137. The number of carboxylic acids is 1. The van der Waals surface area contributed by atoms with Crippen molar-refractivity contribution >= 4 is 17.7 Å². The maximum atomic E-state index is 10.7. The van der Waals surface area contributed by atoms with Crippen molar-refractivity contribution in [3.63, 3.8) is 0 Å². The van der Waals surface area contributed by atoms with Crippen LogP contribution in [0.2, 0.25) is 0 Å². The third-order valence-electron chi connectivity index (χ3n) is 3.50. The molecule has 1 saturated carbocycles. The molecule has 98 valence electrons. The first-order chi connectivity index (χ1) is 7.91. The Morgan fingerprint density at radius 1 is 1.59 bits per heavy atom.